The van der Waals surface area contributed by atoms with Gasteiger partial charge in [0.25, 0.3) is 0 Å². The molecule has 0 unspecified atom stereocenters. The highest BCUT2D eigenvalue weighted by Gasteiger charge is 2.15. The predicted octanol–water partition coefficient (Wildman–Crippen LogP) is 1.82. The minimum Gasteiger partial charge on any atom is -0.299 e. The first-order valence-corrected chi connectivity index (χ1v) is 5.69. The minimum absolute atomic E-state index is 0.221. The molecular formula is C12H13FN4. The Labute approximate surface area is 98.5 Å². The van der Waals surface area contributed by atoms with Crippen LogP contribution in [0.4, 0.5) is 4.39 Å². The SMILES string of the molecule is Fc1cc(CN2CCC2)cc(-c2cn[nH]n2)c1. The van der Waals surface area contributed by atoms with Crippen LogP contribution >= 0.6 is 0 Å². The van der Waals surface area contributed by atoms with Gasteiger partial charge in [0, 0.05) is 12.1 Å². The Balaban J connectivity index is 1.89. The number of H-pyrrole nitrogens is 1. The summed E-state index contributed by atoms with van der Waals surface area (Å²) < 4.78 is 13.5. The van der Waals surface area contributed by atoms with E-state index in [-0.39, 0.29) is 5.82 Å². The van der Waals surface area contributed by atoms with Crippen LogP contribution in [0.2, 0.25) is 0 Å². The van der Waals surface area contributed by atoms with Crippen molar-refractivity contribution in [1.82, 2.24) is 20.3 Å². The zero-order valence-corrected chi connectivity index (χ0v) is 9.36. The quantitative estimate of drug-likeness (QED) is 0.877. The summed E-state index contributed by atoms with van der Waals surface area (Å²) in [6.45, 7) is 3.02. The summed E-state index contributed by atoms with van der Waals surface area (Å²) in [5.74, 6) is -0.221. The van der Waals surface area contributed by atoms with Gasteiger partial charge in [-0.1, -0.05) is 0 Å². The number of halogens is 1. The summed E-state index contributed by atoms with van der Waals surface area (Å²) in [6.07, 6.45) is 2.84. The van der Waals surface area contributed by atoms with Crippen molar-refractivity contribution in [3.63, 3.8) is 0 Å². The molecule has 5 heteroatoms. The number of aromatic amines is 1. The van der Waals surface area contributed by atoms with E-state index >= 15 is 0 Å². The highest BCUT2D eigenvalue weighted by atomic mass is 19.1. The van der Waals surface area contributed by atoms with E-state index in [1.165, 1.54) is 12.5 Å². The lowest BCUT2D eigenvalue weighted by Crippen LogP contribution is -2.36. The lowest BCUT2D eigenvalue weighted by molar-refractivity contribution is 0.172. The van der Waals surface area contributed by atoms with Crippen LogP contribution in [-0.2, 0) is 6.54 Å². The van der Waals surface area contributed by atoms with Crippen LogP contribution in [0.3, 0.4) is 0 Å². The van der Waals surface area contributed by atoms with Gasteiger partial charge >= 0.3 is 0 Å². The lowest BCUT2D eigenvalue weighted by atomic mass is 10.1. The van der Waals surface area contributed by atoms with E-state index in [0.717, 1.165) is 30.8 Å². The van der Waals surface area contributed by atoms with E-state index in [4.69, 9.17) is 0 Å². The predicted molar refractivity (Wildman–Crippen MR) is 61.7 cm³/mol. The summed E-state index contributed by atoms with van der Waals surface area (Å²) >= 11 is 0. The zero-order chi connectivity index (χ0) is 11.7. The van der Waals surface area contributed by atoms with Gasteiger partial charge < -0.3 is 0 Å². The summed E-state index contributed by atoms with van der Waals surface area (Å²) in [5.41, 5.74) is 2.44. The molecule has 3 rings (SSSR count). The molecule has 1 aromatic carbocycles. The number of rotatable bonds is 3. The average molecular weight is 232 g/mol. The summed E-state index contributed by atoms with van der Waals surface area (Å²) in [4.78, 5) is 2.29. The van der Waals surface area contributed by atoms with Gasteiger partial charge in [-0.2, -0.15) is 15.4 Å². The van der Waals surface area contributed by atoms with E-state index in [0.29, 0.717) is 5.69 Å². The molecule has 4 nitrogen and oxygen atoms in total. The van der Waals surface area contributed by atoms with E-state index in [1.54, 1.807) is 12.3 Å². The Bertz CT molecular complexity index is 505. The van der Waals surface area contributed by atoms with Crippen molar-refractivity contribution in [3.8, 4) is 11.3 Å². The van der Waals surface area contributed by atoms with Gasteiger partial charge in [0.15, 0.2) is 0 Å². The van der Waals surface area contributed by atoms with Crippen LogP contribution in [0, 0.1) is 5.82 Å². The summed E-state index contributed by atoms with van der Waals surface area (Å²) in [7, 11) is 0. The Morgan fingerprint density at radius 2 is 2.18 bits per heavy atom. The van der Waals surface area contributed by atoms with E-state index in [1.807, 2.05) is 6.07 Å². The van der Waals surface area contributed by atoms with Crippen LogP contribution in [-0.4, -0.2) is 33.4 Å². The first kappa shape index (κ1) is 10.4. The number of hydrogen-bond donors (Lipinski definition) is 1. The second kappa shape index (κ2) is 4.25. The molecule has 0 atom stereocenters. The fourth-order valence-corrected chi connectivity index (χ4v) is 2.03. The molecule has 1 aliphatic rings. The van der Waals surface area contributed by atoms with Crippen molar-refractivity contribution in [2.24, 2.45) is 0 Å². The van der Waals surface area contributed by atoms with Crippen molar-refractivity contribution >= 4 is 0 Å². The van der Waals surface area contributed by atoms with E-state index in [9.17, 15) is 4.39 Å². The fourth-order valence-electron chi connectivity index (χ4n) is 2.03. The van der Waals surface area contributed by atoms with Crippen LogP contribution in [0.25, 0.3) is 11.3 Å². The first-order valence-electron chi connectivity index (χ1n) is 5.69. The maximum atomic E-state index is 13.5. The topological polar surface area (TPSA) is 44.8 Å². The second-order valence-corrected chi connectivity index (χ2v) is 4.33. The largest absolute Gasteiger partial charge is 0.299 e. The molecule has 0 amide bonds. The Kier molecular flexibility index (Phi) is 2.60. The fraction of sp³-hybridized carbons (Fsp3) is 0.333. The first-order chi connectivity index (χ1) is 8.31. The van der Waals surface area contributed by atoms with Crippen LogP contribution in [0.1, 0.15) is 12.0 Å². The number of nitrogens with one attached hydrogen (secondary N) is 1. The molecule has 2 heterocycles. The van der Waals surface area contributed by atoms with Crippen molar-refractivity contribution in [2.75, 3.05) is 13.1 Å². The molecule has 17 heavy (non-hydrogen) atoms. The summed E-state index contributed by atoms with van der Waals surface area (Å²) in [5, 5.41) is 10.2. The van der Waals surface area contributed by atoms with Gasteiger partial charge in [-0.3, -0.25) is 4.90 Å². The molecule has 1 N–H and O–H groups in total. The highest BCUT2D eigenvalue weighted by molar-refractivity contribution is 5.58. The van der Waals surface area contributed by atoms with E-state index in [2.05, 4.69) is 20.3 Å². The standard InChI is InChI=1S/C12H13FN4/c13-11-5-9(8-17-2-1-3-17)4-10(6-11)12-7-14-16-15-12/h4-7H,1-3,8H2,(H,14,15,16). The molecule has 2 aromatic rings. The molecule has 0 radical (unpaired) electrons. The third-order valence-corrected chi connectivity index (χ3v) is 3.02. The number of hydrogen-bond acceptors (Lipinski definition) is 3. The number of benzene rings is 1. The van der Waals surface area contributed by atoms with Gasteiger partial charge in [0.2, 0.25) is 0 Å². The Hall–Kier alpha value is -1.75. The highest BCUT2D eigenvalue weighted by Crippen LogP contribution is 2.21. The maximum absolute atomic E-state index is 13.5. The monoisotopic (exact) mass is 232 g/mol. The Morgan fingerprint density at radius 1 is 1.29 bits per heavy atom. The van der Waals surface area contributed by atoms with Crippen LogP contribution < -0.4 is 0 Å². The van der Waals surface area contributed by atoms with Gasteiger partial charge in [0.1, 0.15) is 11.5 Å². The molecule has 0 aliphatic carbocycles. The normalized spacial score (nSPS) is 15.8. The third-order valence-electron chi connectivity index (χ3n) is 3.02. The Morgan fingerprint density at radius 3 is 2.82 bits per heavy atom. The van der Waals surface area contributed by atoms with Crippen LogP contribution in [0.15, 0.2) is 24.4 Å². The van der Waals surface area contributed by atoms with Crippen molar-refractivity contribution in [1.29, 1.82) is 0 Å². The van der Waals surface area contributed by atoms with Crippen molar-refractivity contribution in [3.05, 3.63) is 35.8 Å². The minimum atomic E-state index is -0.221. The van der Waals surface area contributed by atoms with Gasteiger partial charge in [-0.15, -0.1) is 0 Å². The maximum Gasteiger partial charge on any atom is 0.124 e. The molecule has 1 fully saturated rings. The number of nitrogens with zero attached hydrogens (tertiary/aromatic N) is 3. The van der Waals surface area contributed by atoms with Crippen molar-refractivity contribution in [2.45, 2.75) is 13.0 Å². The van der Waals surface area contributed by atoms with Crippen molar-refractivity contribution < 1.29 is 4.39 Å². The summed E-state index contributed by atoms with van der Waals surface area (Å²) in [6, 6.07) is 5.04. The molecular weight excluding hydrogens is 219 g/mol. The smallest absolute Gasteiger partial charge is 0.124 e. The van der Waals surface area contributed by atoms with Gasteiger partial charge in [-0.05, 0) is 43.3 Å². The molecule has 1 aliphatic heterocycles. The molecule has 1 aromatic heterocycles. The number of aromatic nitrogens is 3. The zero-order valence-electron chi connectivity index (χ0n) is 9.36. The third kappa shape index (κ3) is 2.19. The molecule has 0 bridgehead atoms. The van der Waals surface area contributed by atoms with Crippen LogP contribution in [0.5, 0.6) is 0 Å². The molecule has 88 valence electrons. The second-order valence-electron chi connectivity index (χ2n) is 4.33. The average Bonchev–Trinajstić information content (AvgIpc) is 2.76. The molecule has 0 spiro atoms. The lowest BCUT2D eigenvalue weighted by Gasteiger charge is -2.30. The van der Waals surface area contributed by atoms with Gasteiger partial charge in [-0.25, -0.2) is 4.39 Å². The number of likely N-dealkylation sites (tertiary alicyclic amines) is 1. The molecule has 1 saturated heterocycles. The molecule has 0 saturated carbocycles. The van der Waals surface area contributed by atoms with Gasteiger partial charge in [0.05, 0.1) is 6.20 Å². The van der Waals surface area contributed by atoms with E-state index < -0.39 is 0 Å².